The van der Waals surface area contributed by atoms with Gasteiger partial charge < -0.3 is 14.8 Å². The van der Waals surface area contributed by atoms with Gasteiger partial charge in [0, 0.05) is 13.1 Å². The first kappa shape index (κ1) is 13.8. The van der Waals surface area contributed by atoms with Crippen LogP contribution in [0.25, 0.3) is 0 Å². The number of nitrogens with one attached hydrogen (secondary N) is 1. The van der Waals surface area contributed by atoms with Crippen molar-refractivity contribution >= 4 is 0 Å². The van der Waals surface area contributed by atoms with Gasteiger partial charge in [-0.05, 0) is 32.0 Å². The van der Waals surface area contributed by atoms with Crippen LogP contribution in [0.2, 0.25) is 0 Å². The number of hydrogen-bond acceptors (Lipinski definition) is 4. The average Bonchev–Trinajstić information content (AvgIpc) is 2.36. The molecule has 0 saturated carbocycles. The molecule has 0 amide bonds. The quantitative estimate of drug-likeness (QED) is 0.905. The minimum atomic E-state index is -0.526. The molecule has 0 aromatic heterocycles. The molecular formula is C14H17FN2O2. The van der Waals surface area contributed by atoms with Crippen molar-refractivity contribution in [1.82, 2.24) is 5.32 Å². The van der Waals surface area contributed by atoms with Crippen molar-refractivity contribution in [3.63, 3.8) is 0 Å². The Kier molecular flexibility index (Phi) is 4.03. The van der Waals surface area contributed by atoms with E-state index in [1.54, 1.807) is 0 Å². The number of rotatable bonds is 3. The summed E-state index contributed by atoms with van der Waals surface area (Å²) in [5.74, 6) is -0.381. The van der Waals surface area contributed by atoms with Crippen LogP contribution in [0.5, 0.6) is 5.75 Å². The Hall–Kier alpha value is -1.64. The Morgan fingerprint density at radius 1 is 1.58 bits per heavy atom. The third-order valence-electron chi connectivity index (χ3n) is 2.89. The summed E-state index contributed by atoms with van der Waals surface area (Å²) >= 11 is 0. The van der Waals surface area contributed by atoms with Crippen LogP contribution in [-0.2, 0) is 4.74 Å². The predicted molar refractivity (Wildman–Crippen MR) is 68.4 cm³/mol. The van der Waals surface area contributed by atoms with Crippen LogP contribution in [0.3, 0.4) is 0 Å². The summed E-state index contributed by atoms with van der Waals surface area (Å²) in [7, 11) is 0. The third-order valence-corrected chi connectivity index (χ3v) is 2.89. The Bertz CT molecular complexity index is 497. The minimum absolute atomic E-state index is 0.112. The highest BCUT2D eigenvalue weighted by Crippen LogP contribution is 2.20. The molecule has 19 heavy (non-hydrogen) atoms. The van der Waals surface area contributed by atoms with E-state index in [1.165, 1.54) is 18.2 Å². The first-order valence-electron chi connectivity index (χ1n) is 6.21. The molecule has 1 aromatic carbocycles. The Balaban J connectivity index is 1.94. The van der Waals surface area contributed by atoms with Crippen LogP contribution < -0.4 is 10.1 Å². The van der Waals surface area contributed by atoms with Gasteiger partial charge in [0.25, 0.3) is 0 Å². The fourth-order valence-electron chi connectivity index (χ4n) is 2.03. The number of benzene rings is 1. The molecule has 1 aliphatic heterocycles. The molecule has 4 nitrogen and oxygen atoms in total. The number of morpholine rings is 1. The molecule has 102 valence electrons. The van der Waals surface area contributed by atoms with Gasteiger partial charge in [-0.25, -0.2) is 4.39 Å². The lowest BCUT2D eigenvalue weighted by Gasteiger charge is -2.36. The molecular weight excluding hydrogens is 247 g/mol. The molecule has 0 aliphatic carbocycles. The van der Waals surface area contributed by atoms with Crippen LogP contribution in [-0.4, -0.2) is 31.4 Å². The van der Waals surface area contributed by atoms with E-state index in [4.69, 9.17) is 14.7 Å². The predicted octanol–water partition coefficient (Wildman–Crippen LogP) is 1.84. The zero-order valence-corrected chi connectivity index (χ0v) is 11.1. The fraction of sp³-hybridized carbons (Fsp3) is 0.500. The van der Waals surface area contributed by atoms with Crippen LogP contribution in [0, 0.1) is 17.1 Å². The summed E-state index contributed by atoms with van der Waals surface area (Å²) in [5.41, 5.74) is 0.0386. The fourth-order valence-corrected chi connectivity index (χ4v) is 2.03. The molecule has 0 bridgehead atoms. The molecule has 1 atom stereocenters. The van der Waals surface area contributed by atoms with Crippen molar-refractivity contribution in [2.45, 2.75) is 25.6 Å². The standard InChI is InChI=1S/C14H17FN2O2/c1-14(2)9-17-7-11(19-14)8-18-13-4-3-10(6-16)5-12(13)15/h3-5,11,17H,7-9H2,1-2H3. The van der Waals surface area contributed by atoms with E-state index in [9.17, 15) is 4.39 Å². The Morgan fingerprint density at radius 2 is 2.37 bits per heavy atom. The van der Waals surface area contributed by atoms with Crippen molar-refractivity contribution < 1.29 is 13.9 Å². The zero-order chi connectivity index (χ0) is 13.9. The van der Waals surface area contributed by atoms with E-state index in [-0.39, 0.29) is 29.6 Å². The lowest BCUT2D eigenvalue weighted by molar-refractivity contribution is -0.107. The van der Waals surface area contributed by atoms with Crippen LogP contribution in [0.15, 0.2) is 18.2 Å². The van der Waals surface area contributed by atoms with Gasteiger partial charge in [0.1, 0.15) is 12.7 Å². The molecule has 1 aliphatic rings. The topological polar surface area (TPSA) is 54.3 Å². The molecule has 1 N–H and O–H groups in total. The van der Waals surface area contributed by atoms with Crippen LogP contribution in [0.4, 0.5) is 4.39 Å². The minimum Gasteiger partial charge on any atom is -0.488 e. The third kappa shape index (κ3) is 3.66. The SMILES string of the molecule is CC1(C)CNCC(COc2ccc(C#N)cc2F)O1. The van der Waals surface area contributed by atoms with E-state index in [2.05, 4.69) is 5.32 Å². The van der Waals surface area contributed by atoms with Gasteiger partial charge >= 0.3 is 0 Å². The van der Waals surface area contributed by atoms with Crippen molar-refractivity contribution in [2.24, 2.45) is 0 Å². The van der Waals surface area contributed by atoms with E-state index < -0.39 is 5.82 Å². The highest BCUT2D eigenvalue weighted by atomic mass is 19.1. The van der Waals surface area contributed by atoms with Gasteiger partial charge in [-0.2, -0.15) is 5.26 Å². The number of halogens is 1. The maximum absolute atomic E-state index is 13.6. The van der Waals surface area contributed by atoms with E-state index >= 15 is 0 Å². The Morgan fingerprint density at radius 3 is 3.00 bits per heavy atom. The molecule has 1 saturated heterocycles. The van der Waals surface area contributed by atoms with Crippen molar-refractivity contribution in [2.75, 3.05) is 19.7 Å². The number of nitriles is 1. The van der Waals surface area contributed by atoms with Gasteiger partial charge in [-0.3, -0.25) is 0 Å². The number of nitrogens with zero attached hydrogens (tertiary/aromatic N) is 1. The normalized spacial score (nSPS) is 21.7. The lowest BCUT2D eigenvalue weighted by Crippen LogP contribution is -2.52. The number of ether oxygens (including phenoxy) is 2. The highest BCUT2D eigenvalue weighted by Gasteiger charge is 2.28. The summed E-state index contributed by atoms with van der Waals surface area (Å²) in [6.07, 6.45) is -0.112. The maximum Gasteiger partial charge on any atom is 0.166 e. The van der Waals surface area contributed by atoms with Gasteiger partial charge in [0.2, 0.25) is 0 Å². The summed E-state index contributed by atoms with van der Waals surface area (Å²) < 4.78 is 24.8. The van der Waals surface area contributed by atoms with Gasteiger partial charge in [-0.15, -0.1) is 0 Å². The van der Waals surface area contributed by atoms with Crippen molar-refractivity contribution in [3.05, 3.63) is 29.6 Å². The van der Waals surface area contributed by atoms with E-state index in [0.29, 0.717) is 6.54 Å². The Labute approximate surface area is 112 Å². The van der Waals surface area contributed by atoms with Crippen molar-refractivity contribution in [1.29, 1.82) is 5.26 Å². The van der Waals surface area contributed by atoms with Gasteiger partial charge in [-0.1, -0.05) is 0 Å². The molecule has 1 aromatic rings. The van der Waals surface area contributed by atoms with E-state index in [1.807, 2.05) is 19.9 Å². The average molecular weight is 264 g/mol. The summed E-state index contributed by atoms with van der Waals surface area (Å²) in [6, 6.07) is 6.04. The summed E-state index contributed by atoms with van der Waals surface area (Å²) in [5, 5.41) is 11.9. The lowest BCUT2D eigenvalue weighted by atomic mass is 10.1. The molecule has 1 fully saturated rings. The summed E-state index contributed by atoms with van der Waals surface area (Å²) in [6.45, 7) is 5.73. The van der Waals surface area contributed by atoms with Crippen molar-refractivity contribution in [3.8, 4) is 11.8 Å². The molecule has 0 spiro atoms. The summed E-state index contributed by atoms with van der Waals surface area (Å²) in [4.78, 5) is 0. The monoisotopic (exact) mass is 264 g/mol. The molecule has 0 radical (unpaired) electrons. The molecule has 1 heterocycles. The molecule has 1 unspecified atom stereocenters. The number of hydrogen-bond donors (Lipinski definition) is 1. The second-order valence-corrected chi connectivity index (χ2v) is 5.20. The first-order chi connectivity index (χ1) is 9.00. The highest BCUT2D eigenvalue weighted by molar-refractivity contribution is 5.35. The maximum atomic E-state index is 13.6. The zero-order valence-electron chi connectivity index (χ0n) is 11.1. The molecule has 5 heteroatoms. The first-order valence-corrected chi connectivity index (χ1v) is 6.21. The van der Waals surface area contributed by atoms with E-state index in [0.717, 1.165) is 6.54 Å². The van der Waals surface area contributed by atoms with Gasteiger partial charge in [0.15, 0.2) is 11.6 Å². The van der Waals surface area contributed by atoms with Gasteiger partial charge in [0.05, 0.1) is 17.2 Å². The largest absolute Gasteiger partial charge is 0.488 e. The second-order valence-electron chi connectivity index (χ2n) is 5.20. The molecule has 2 rings (SSSR count). The van der Waals surface area contributed by atoms with Crippen LogP contribution in [0.1, 0.15) is 19.4 Å². The smallest absolute Gasteiger partial charge is 0.166 e. The second kappa shape index (κ2) is 5.55. The van der Waals surface area contributed by atoms with Crippen LogP contribution >= 0.6 is 0 Å².